The summed E-state index contributed by atoms with van der Waals surface area (Å²) < 4.78 is 0. The number of anilines is 2. The van der Waals surface area contributed by atoms with E-state index in [2.05, 4.69) is 16.0 Å². The normalized spacial score (nSPS) is 10.6. The number of rotatable bonds is 7. The molecule has 0 spiro atoms. The van der Waals surface area contributed by atoms with E-state index in [1.165, 1.54) is 0 Å². The average Bonchev–Trinajstić information content (AvgIpc) is 2.68. The highest BCUT2D eigenvalue weighted by Gasteiger charge is 2.27. The van der Waals surface area contributed by atoms with Gasteiger partial charge in [-0.15, -0.1) is 12.4 Å². The van der Waals surface area contributed by atoms with Gasteiger partial charge in [-0.25, -0.2) is 4.79 Å². The summed E-state index contributed by atoms with van der Waals surface area (Å²) in [7, 11) is 0. The fraction of sp³-hybridized carbons (Fsp3) is 0.333. The molecule has 0 aliphatic heterocycles. The first-order valence-electron chi connectivity index (χ1n) is 9.19. The van der Waals surface area contributed by atoms with Crippen molar-refractivity contribution in [1.82, 2.24) is 5.32 Å². The number of nitrogens with one attached hydrogen (secondary N) is 3. The molecule has 0 aromatic heterocycles. The molecular weight excluding hydrogens is 376 g/mol. The van der Waals surface area contributed by atoms with Crippen molar-refractivity contribution in [2.75, 3.05) is 17.2 Å². The molecule has 0 heterocycles. The summed E-state index contributed by atoms with van der Waals surface area (Å²) in [6, 6.07) is 14.1. The van der Waals surface area contributed by atoms with Gasteiger partial charge in [0.15, 0.2) is 0 Å². The molecule has 0 saturated heterocycles. The maximum absolute atomic E-state index is 12.7. The Morgan fingerprint density at radius 1 is 1.00 bits per heavy atom. The van der Waals surface area contributed by atoms with E-state index >= 15 is 0 Å². The fourth-order valence-corrected chi connectivity index (χ4v) is 2.78. The number of aryl methyl sites for hydroxylation is 1. The third-order valence-electron chi connectivity index (χ3n) is 4.90. The Morgan fingerprint density at radius 3 is 2.21 bits per heavy atom. The van der Waals surface area contributed by atoms with E-state index in [0.29, 0.717) is 23.5 Å². The van der Waals surface area contributed by atoms with Crippen LogP contribution in [0.5, 0.6) is 0 Å². The molecule has 6 nitrogen and oxygen atoms in total. The molecule has 0 aliphatic carbocycles. The van der Waals surface area contributed by atoms with Gasteiger partial charge in [-0.1, -0.05) is 38.1 Å². The van der Waals surface area contributed by atoms with Crippen molar-refractivity contribution >= 4 is 35.7 Å². The van der Waals surface area contributed by atoms with Crippen LogP contribution < -0.4 is 21.7 Å². The molecule has 0 bridgehead atoms. The quantitative estimate of drug-likeness (QED) is 0.553. The first-order valence-corrected chi connectivity index (χ1v) is 9.19. The second-order valence-corrected chi connectivity index (χ2v) is 6.62. The van der Waals surface area contributed by atoms with Gasteiger partial charge in [-0.05, 0) is 49.6 Å². The Morgan fingerprint density at radius 2 is 1.64 bits per heavy atom. The first-order chi connectivity index (χ1) is 12.9. The number of halogens is 1. The number of benzene rings is 2. The van der Waals surface area contributed by atoms with E-state index in [4.69, 9.17) is 5.73 Å². The summed E-state index contributed by atoms with van der Waals surface area (Å²) in [6.07, 6.45) is 1.50. The van der Waals surface area contributed by atoms with Gasteiger partial charge in [0.25, 0.3) is 5.91 Å². The summed E-state index contributed by atoms with van der Waals surface area (Å²) >= 11 is 0. The highest BCUT2D eigenvalue weighted by Crippen LogP contribution is 2.20. The van der Waals surface area contributed by atoms with Crippen molar-refractivity contribution in [1.29, 1.82) is 0 Å². The predicted molar refractivity (Wildman–Crippen MR) is 117 cm³/mol. The van der Waals surface area contributed by atoms with Crippen molar-refractivity contribution in [3.05, 3.63) is 59.7 Å². The number of urea groups is 1. The highest BCUT2D eigenvalue weighted by atomic mass is 35.5. The van der Waals surface area contributed by atoms with Crippen molar-refractivity contribution < 1.29 is 9.59 Å². The van der Waals surface area contributed by atoms with Gasteiger partial charge in [-0.3, -0.25) is 4.79 Å². The lowest BCUT2D eigenvalue weighted by molar-refractivity contribution is 0.0895. The Labute approximate surface area is 172 Å². The lowest BCUT2D eigenvalue weighted by Gasteiger charge is -2.31. The molecule has 0 unspecified atom stereocenters. The Hall–Kier alpha value is -2.57. The molecule has 0 atom stereocenters. The molecule has 2 aromatic carbocycles. The van der Waals surface area contributed by atoms with Crippen LogP contribution in [0.25, 0.3) is 0 Å². The van der Waals surface area contributed by atoms with Gasteiger partial charge in [-0.2, -0.15) is 0 Å². The summed E-state index contributed by atoms with van der Waals surface area (Å²) in [4.78, 5) is 24.9. The molecule has 2 rings (SSSR count). The molecule has 0 aliphatic rings. The fourth-order valence-electron chi connectivity index (χ4n) is 2.78. The Balaban J connectivity index is 0.00000392. The molecule has 28 heavy (non-hydrogen) atoms. The van der Waals surface area contributed by atoms with Gasteiger partial charge >= 0.3 is 6.03 Å². The Bertz CT molecular complexity index is 784. The van der Waals surface area contributed by atoms with Crippen LogP contribution in [0.1, 0.15) is 42.6 Å². The molecule has 7 heteroatoms. The zero-order valence-electron chi connectivity index (χ0n) is 16.5. The molecule has 3 amide bonds. The predicted octanol–water partition coefficient (Wildman–Crippen LogP) is 4.31. The zero-order valence-corrected chi connectivity index (χ0v) is 17.4. The number of hydrogen-bond acceptors (Lipinski definition) is 3. The summed E-state index contributed by atoms with van der Waals surface area (Å²) in [5.74, 6) is -0.198. The minimum atomic E-state index is -0.416. The molecular formula is C21H29ClN4O2. The van der Waals surface area contributed by atoms with Crippen LogP contribution >= 0.6 is 12.4 Å². The molecule has 0 fully saturated rings. The minimum absolute atomic E-state index is 0. The number of para-hydroxylation sites is 1. The van der Waals surface area contributed by atoms with Gasteiger partial charge in [0.05, 0.1) is 5.54 Å². The Kier molecular flexibility index (Phi) is 8.96. The molecule has 152 valence electrons. The number of hydrogen-bond donors (Lipinski definition) is 4. The molecule has 0 saturated carbocycles. The van der Waals surface area contributed by atoms with Crippen LogP contribution in [0.2, 0.25) is 0 Å². The van der Waals surface area contributed by atoms with E-state index in [1.807, 2.05) is 45.0 Å². The van der Waals surface area contributed by atoms with Gasteiger partial charge in [0.2, 0.25) is 0 Å². The van der Waals surface area contributed by atoms with Crippen LogP contribution in [-0.2, 0) is 0 Å². The van der Waals surface area contributed by atoms with Crippen molar-refractivity contribution in [3.8, 4) is 0 Å². The lowest BCUT2D eigenvalue weighted by Crippen LogP contribution is -2.52. The van der Waals surface area contributed by atoms with Crippen molar-refractivity contribution in [3.63, 3.8) is 0 Å². The van der Waals surface area contributed by atoms with E-state index in [0.717, 1.165) is 18.4 Å². The summed E-state index contributed by atoms with van der Waals surface area (Å²) in [5.41, 5.74) is 8.08. The van der Waals surface area contributed by atoms with Crippen molar-refractivity contribution in [2.24, 2.45) is 5.73 Å². The second-order valence-electron chi connectivity index (χ2n) is 6.62. The third kappa shape index (κ3) is 5.97. The number of carbonyl (C=O) groups excluding carboxylic acids is 2. The SMILES string of the molecule is CCC(CC)(CN)NC(=O)c1ccc(C)c(NC(=O)Nc2ccccc2)c1.Cl. The van der Waals surface area contributed by atoms with Gasteiger partial charge < -0.3 is 21.7 Å². The zero-order chi connectivity index (χ0) is 19.9. The molecule has 5 N–H and O–H groups in total. The van der Waals surface area contributed by atoms with Crippen LogP contribution in [0.15, 0.2) is 48.5 Å². The van der Waals surface area contributed by atoms with Crippen molar-refractivity contribution in [2.45, 2.75) is 39.2 Å². The standard InChI is InChI=1S/C21H28N4O2.ClH/c1-4-21(5-2,14-22)25-19(26)16-12-11-15(3)18(13-16)24-20(27)23-17-9-7-6-8-10-17;/h6-13H,4-5,14,22H2,1-3H3,(H,25,26)(H2,23,24,27);1H. The molecule has 0 radical (unpaired) electrons. The minimum Gasteiger partial charge on any atom is -0.345 e. The highest BCUT2D eigenvalue weighted by molar-refractivity contribution is 6.02. The maximum atomic E-state index is 12.7. The van der Waals surface area contributed by atoms with Crippen LogP contribution in [0.4, 0.5) is 16.2 Å². The smallest absolute Gasteiger partial charge is 0.323 e. The summed E-state index contributed by atoms with van der Waals surface area (Å²) in [5, 5.41) is 8.61. The number of carbonyl (C=O) groups is 2. The van der Waals surface area contributed by atoms with Crippen LogP contribution in [0, 0.1) is 6.92 Å². The first kappa shape index (κ1) is 23.5. The average molecular weight is 405 g/mol. The van der Waals surface area contributed by atoms with Crippen LogP contribution in [0.3, 0.4) is 0 Å². The largest absolute Gasteiger partial charge is 0.345 e. The topological polar surface area (TPSA) is 96.2 Å². The van der Waals surface area contributed by atoms with Gasteiger partial charge in [0, 0.05) is 23.5 Å². The monoisotopic (exact) mass is 404 g/mol. The lowest BCUT2D eigenvalue weighted by atomic mass is 9.92. The third-order valence-corrected chi connectivity index (χ3v) is 4.90. The van der Waals surface area contributed by atoms with Gasteiger partial charge in [0.1, 0.15) is 0 Å². The maximum Gasteiger partial charge on any atom is 0.323 e. The molecule has 2 aromatic rings. The second kappa shape index (κ2) is 10.7. The summed E-state index contributed by atoms with van der Waals surface area (Å²) in [6.45, 7) is 6.27. The van der Waals surface area contributed by atoms with E-state index in [-0.39, 0.29) is 24.3 Å². The van der Waals surface area contributed by atoms with E-state index in [1.54, 1.807) is 24.3 Å². The van der Waals surface area contributed by atoms with E-state index < -0.39 is 5.54 Å². The van der Waals surface area contributed by atoms with E-state index in [9.17, 15) is 9.59 Å². The number of amides is 3. The van der Waals surface area contributed by atoms with Crippen LogP contribution in [-0.4, -0.2) is 24.0 Å². The number of nitrogens with two attached hydrogens (primary N) is 1.